The average molecular weight is 531 g/mol. The maximum absolute atomic E-state index is 12.7. The van der Waals surface area contributed by atoms with Crippen molar-refractivity contribution in [3.63, 3.8) is 0 Å². The van der Waals surface area contributed by atoms with E-state index >= 15 is 0 Å². The summed E-state index contributed by atoms with van der Waals surface area (Å²) in [5.74, 6) is -2.23. The lowest BCUT2D eigenvalue weighted by Crippen LogP contribution is -2.45. The quantitative estimate of drug-likeness (QED) is 0.505. The van der Waals surface area contributed by atoms with Gasteiger partial charge in [0, 0.05) is 17.5 Å². The molecule has 0 bridgehead atoms. The van der Waals surface area contributed by atoms with Gasteiger partial charge in [-0.2, -0.15) is 34.8 Å². The standard InChI is InChI=1S/C20H17ClF6N2O4S/c21-15-3-1-2-13(8-15)10-17(30)28-16(11-18(31)29-34(32,33)20(25,26)27)9-12-4-6-14(7-5-12)19(22,23)24/h1-8,16H,9-11H2,(H,28,30)(H,29,31). The van der Waals surface area contributed by atoms with Crippen LogP contribution in [-0.2, 0) is 38.6 Å². The van der Waals surface area contributed by atoms with Gasteiger partial charge in [0.25, 0.3) is 0 Å². The Morgan fingerprint density at radius 1 is 0.912 bits per heavy atom. The number of carbonyl (C=O) groups excluding carboxylic acids is 2. The number of alkyl halides is 6. The molecule has 0 aliphatic rings. The van der Waals surface area contributed by atoms with E-state index in [1.165, 1.54) is 6.07 Å². The first-order valence-electron chi connectivity index (χ1n) is 9.38. The van der Waals surface area contributed by atoms with Crippen LogP contribution in [0.5, 0.6) is 0 Å². The van der Waals surface area contributed by atoms with E-state index in [1.807, 2.05) is 0 Å². The van der Waals surface area contributed by atoms with Gasteiger partial charge >= 0.3 is 21.7 Å². The first-order chi connectivity index (χ1) is 15.6. The SMILES string of the molecule is O=C(Cc1cccc(Cl)c1)NC(CC(=O)NS(=O)(=O)C(F)(F)F)Cc1ccc(C(F)(F)F)cc1. The third kappa shape index (κ3) is 8.20. The van der Waals surface area contributed by atoms with Crippen LogP contribution in [0.4, 0.5) is 26.3 Å². The minimum atomic E-state index is -5.97. The van der Waals surface area contributed by atoms with Crippen LogP contribution in [0.3, 0.4) is 0 Å². The van der Waals surface area contributed by atoms with Crippen molar-refractivity contribution in [1.82, 2.24) is 10.0 Å². The Kier molecular flexibility index (Phi) is 8.59. The number of sulfonamides is 1. The first kappa shape index (κ1) is 27.4. The van der Waals surface area contributed by atoms with E-state index in [1.54, 1.807) is 18.2 Å². The third-order valence-corrected chi connectivity index (χ3v) is 5.71. The van der Waals surface area contributed by atoms with E-state index in [4.69, 9.17) is 11.6 Å². The third-order valence-electron chi connectivity index (χ3n) is 4.37. The van der Waals surface area contributed by atoms with E-state index < -0.39 is 51.5 Å². The number of rotatable bonds is 8. The highest BCUT2D eigenvalue weighted by Gasteiger charge is 2.47. The Balaban J connectivity index is 2.18. The van der Waals surface area contributed by atoms with Crippen molar-refractivity contribution >= 4 is 33.4 Å². The van der Waals surface area contributed by atoms with Crippen LogP contribution in [0.25, 0.3) is 0 Å². The molecular formula is C20H17ClF6N2O4S. The maximum Gasteiger partial charge on any atom is 0.516 e. The van der Waals surface area contributed by atoms with Crippen molar-refractivity contribution in [2.45, 2.75) is 37.0 Å². The molecule has 1 unspecified atom stereocenters. The lowest BCUT2D eigenvalue weighted by molar-refractivity contribution is -0.137. The Morgan fingerprint density at radius 3 is 2.06 bits per heavy atom. The van der Waals surface area contributed by atoms with Crippen LogP contribution >= 0.6 is 11.6 Å². The van der Waals surface area contributed by atoms with Gasteiger partial charge < -0.3 is 5.32 Å². The van der Waals surface area contributed by atoms with E-state index in [0.717, 1.165) is 29.0 Å². The van der Waals surface area contributed by atoms with Gasteiger partial charge in [-0.25, -0.2) is 4.72 Å². The Labute approximate surface area is 195 Å². The Hall–Kier alpha value is -2.80. The van der Waals surface area contributed by atoms with Gasteiger partial charge in [-0.1, -0.05) is 35.9 Å². The molecule has 0 aromatic heterocycles. The van der Waals surface area contributed by atoms with Crippen LogP contribution in [0.15, 0.2) is 48.5 Å². The van der Waals surface area contributed by atoms with Gasteiger partial charge in [-0.15, -0.1) is 0 Å². The lowest BCUT2D eigenvalue weighted by Gasteiger charge is -2.19. The summed E-state index contributed by atoms with van der Waals surface area (Å²) in [6, 6.07) is 8.61. The fourth-order valence-electron chi connectivity index (χ4n) is 2.87. The summed E-state index contributed by atoms with van der Waals surface area (Å²) in [7, 11) is -5.97. The molecule has 0 fully saturated rings. The minimum Gasteiger partial charge on any atom is -0.352 e. The Bertz CT molecular complexity index is 1130. The molecule has 0 aliphatic heterocycles. The van der Waals surface area contributed by atoms with Crippen molar-refractivity contribution in [2.24, 2.45) is 0 Å². The summed E-state index contributed by atoms with van der Waals surface area (Å²) in [6.07, 6.45) is -5.99. The number of amides is 2. The molecule has 2 aromatic rings. The average Bonchev–Trinajstić information content (AvgIpc) is 2.66. The molecule has 14 heteroatoms. The second-order valence-corrected chi connectivity index (χ2v) is 9.26. The van der Waals surface area contributed by atoms with Crippen molar-refractivity contribution in [2.75, 3.05) is 0 Å². The molecular weight excluding hydrogens is 514 g/mol. The molecule has 0 spiro atoms. The monoisotopic (exact) mass is 530 g/mol. The number of hydrogen-bond acceptors (Lipinski definition) is 4. The summed E-state index contributed by atoms with van der Waals surface area (Å²) in [5, 5.41) is 2.73. The molecule has 2 amide bonds. The van der Waals surface area contributed by atoms with Gasteiger partial charge in [-0.3, -0.25) is 9.59 Å². The van der Waals surface area contributed by atoms with Gasteiger partial charge in [-0.05, 0) is 41.8 Å². The zero-order valence-electron chi connectivity index (χ0n) is 17.0. The molecule has 34 heavy (non-hydrogen) atoms. The van der Waals surface area contributed by atoms with E-state index in [-0.39, 0.29) is 18.4 Å². The molecule has 0 saturated carbocycles. The molecule has 0 saturated heterocycles. The molecule has 6 nitrogen and oxygen atoms in total. The van der Waals surface area contributed by atoms with Gasteiger partial charge in [0.05, 0.1) is 12.0 Å². The number of nitrogens with one attached hydrogen (secondary N) is 2. The summed E-state index contributed by atoms with van der Waals surface area (Å²) in [5.41, 5.74) is -6.00. The van der Waals surface area contributed by atoms with Crippen LogP contribution < -0.4 is 10.0 Å². The summed E-state index contributed by atoms with van der Waals surface area (Å²) < 4.78 is 99.0. The number of halogens is 7. The first-order valence-corrected chi connectivity index (χ1v) is 11.2. The molecule has 0 heterocycles. The van der Waals surface area contributed by atoms with Crippen LogP contribution in [0.1, 0.15) is 23.1 Å². The Morgan fingerprint density at radius 2 is 1.53 bits per heavy atom. The zero-order valence-corrected chi connectivity index (χ0v) is 18.6. The predicted octanol–water partition coefficient (Wildman–Crippen LogP) is 3.98. The van der Waals surface area contributed by atoms with Crippen LogP contribution in [-0.4, -0.2) is 31.8 Å². The second kappa shape index (κ2) is 10.6. The van der Waals surface area contributed by atoms with Gasteiger partial charge in [0.15, 0.2) is 0 Å². The van der Waals surface area contributed by atoms with Crippen molar-refractivity contribution in [3.05, 3.63) is 70.2 Å². The largest absolute Gasteiger partial charge is 0.516 e. The minimum absolute atomic E-state index is 0.215. The van der Waals surface area contributed by atoms with E-state index in [2.05, 4.69) is 5.32 Å². The van der Waals surface area contributed by atoms with Gasteiger partial charge in [0.2, 0.25) is 11.8 Å². The molecule has 2 N–H and O–H groups in total. The van der Waals surface area contributed by atoms with Crippen LogP contribution in [0.2, 0.25) is 5.02 Å². The van der Waals surface area contributed by atoms with Crippen molar-refractivity contribution in [3.8, 4) is 0 Å². The number of hydrogen-bond donors (Lipinski definition) is 2. The second-order valence-electron chi connectivity index (χ2n) is 7.15. The highest BCUT2D eigenvalue weighted by atomic mass is 35.5. The van der Waals surface area contributed by atoms with Gasteiger partial charge in [0.1, 0.15) is 0 Å². The molecule has 0 aliphatic carbocycles. The topological polar surface area (TPSA) is 92.3 Å². The zero-order chi connectivity index (χ0) is 25.7. The predicted molar refractivity (Wildman–Crippen MR) is 110 cm³/mol. The molecule has 186 valence electrons. The van der Waals surface area contributed by atoms with Crippen molar-refractivity contribution in [1.29, 1.82) is 0 Å². The van der Waals surface area contributed by atoms with Crippen LogP contribution in [0, 0.1) is 0 Å². The van der Waals surface area contributed by atoms with E-state index in [0.29, 0.717) is 10.6 Å². The molecule has 1 atom stereocenters. The number of carbonyl (C=O) groups is 2. The summed E-state index contributed by atoms with van der Waals surface area (Å²) in [4.78, 5) is 24.4. The van der Waals surface area contributed by atoms with Crippen molar-refractivity contribution < 1.29 is 44.3 Å². The van der Waals surface area contributed by atoms with E-state index in [9.17, 15) is 44.3 Å². The normalized spacial score (nSPS) is 13.3. The smallest absolute Gasteiger partial charge is 0.352 e. The highest BCUT2D eigenvalue weighted by Crippen LogP contribution is 2.29. The molecule has 2 rings (SSSR count). The lowest BCUT2D eigenvalue weighted by atomic mass is 10.0. The molecule has 2 aromatic carbocycles. The fraction of sp³-hybridized carbons (Fsp3) is 0.300. The summed E-state index contributed by atoms with van der Waals surface area (Å²) in [6.45, 7) is 0. The number of benzene rings is 2. The molecule has 0 radical (unpaired) electrons. The fourth-order valence-corrected chi connectivity index (χ4v) is 3.58. The summed E-state index contributed by atoms with van der Waals surface area (Å²) >= 11 is 5.84. The highest BCUT2D eigenvalue weighted by molar-refractivity contribution is 7.90. The maximum atomic E-state index is 12.7.